The summed E-state index contributed by atoms with van der Waals surface area (Å²) in [6, 6.07) is 0.348. The summed E-state index contributed by atoms with van der Waals surface area (Å²) in [5.74, 6) is 1.59. The molecule has 0 aliphatic heterocycles. The topological polar surface area (TPSA) is 92.1 Å². The maximum Gasteiger partial charge on any atom is 0.191 e. The zero-order chi connectivity index (χ0) is 15.2. The number of rotatable bonds is 5. The summed E-state index contributed by atoms with van der Waals surface area (Å²) in [6.07, 6.45) is 3.31. The number of hydrogen-bond acceptors (Lipinski definition) is 5. The summed E-state index contributed by atoms with van der Waals surface area (Å²) in [4.78, 5) is 12.6. The third-order valence-corrected chi connectivity index (χ3v) is 2.89. The van der Waals surface area contributed by atoms with Crippen LogP contribution in [0, 0.1) is 0 Å². The van der Waals surface area contributed by atoms with Gasteiger partial charge in [0.1, 0.15) is 12.1 Å². The van der Waals surface area contributed by atoms with Gasteiger partial charge >= 0.3 is 0 Å². The summed E-state index contributed by atoms with van der Waals surface area (Å²) < 4.78 is 1.73. The molecule has 114 valence electrons. The van der Waals surface area contributed by atoms with Crippen LogP contribution in [0.15, 0.2) is 17.5 Å². The van der Waals surface area contributed by atoms with Crippen molar-refractivity contribution in [2.24, 2.45) is 12.0 Å². The lowest BCUT2D eigenvalue weighted by molar-refractivity contribution is 0.702. The largest absolute Gasteiger partial charge is 0.368 e. The highest BCUT2D eigenvalue weighted by Crippen LogP contribution is 2.16. The smallest absolute Gasteiger partial charge is 0.191 e. The lowest BCUT2D eigenvalue weighted by atomic mass is 10.4. The van der Waals surface area contributed by atoms with E-state index in [0.717, 1.165) is 35.9 Å². The number of guanidine groups is 1. The fourth-order valence-corrected chi connectivity index (χ4v) is 1.93. The first-order valence-electron chi connectivity index (χ1n) is 6.95. The quantitative estimate of drug-likeness (QED) is 0.418. The molecule has 2 aromatic rings. The maximum absolute atomic E-state index is 4.26. The molecule has 8 nitrogen and oxygen atoms in total. The Morgan fingerprint density at radius 2 is 2.14 bits per heavy atom. The molecule has 2 rings (SSSR count). The Hall–Kier alpha value is -2.38. The molecule has 8 heteroatoms. The second-order valence-corrected chi connectivity index (χ2v) is 4.95. The van der Waals surface area contributed by atoms with Gasteiger partial charge in [0.15, 0.2) is 11.6 Å². The molecule has 0 saturated carbocycles. The highest BCUT2D eigenvalue weighted by atomic mass is 15.3. The molecule has 0 atom stereocenters. The minimum atomic E-state index is 0.348. The van der Waals surface area contributed by atoms with E-state index in [-0.39, 0.29) is 0 Å². The summed E-state index contributed by atoms with van der Waals surface area (Å²) in [5.41, 5.74) is 0.817. The molecule has 0 amide bonds. The monoisotopic (exact) mass is 290 g/mol. The van der Waals surface area contributed by atoms with Gasteiger partial charge in [0, 0.05) is 33.2 Å². The summed E-state index contributed by atoms with van der Waals surface area (Å²) in [5, 5.41) is 14.9. The first-order chi connectivity index (χ1) is 10.1. The molecule has 2 heterocycles. The zero-order valence-corrected chi connectivity index (χ0v) is 12.9. The van der Waals surface area contributed by atoms with Crippen molar-refractivity contribution in [2.75, 3.05) is 25.5 Å². The Labute approximate surface area is 124 Å². The molecule has 0 aromatic carbocycles. The molecule has 0 radical (unpaired) electrons. The van der Waals surface area contributed by atoms with Gasteiger partial charge in [0.05, 0.1) is 11.6 Å². The number of aryl methyl sites for hydroxylation is 1. The van der Waals surface area contributed by atoms with Crippen LogP contribution in [-0.4, -0.2) is 51.9 Å². The molecule has 0 aliphatic rings. The zero-order valence-electron chi connectivity index (χ0n) is 12.9. The van der Waals surface area contributed by atoms with Crippen LogP contribution >= 0.6 is 0 Å². The highest BCUT2D eigenvalue weighted by Gasteiger charge is 2.07. The van der Waals surface area contributed by atoms with Crippen LogP contribution in [0.5, 0.6) is 0 Å². The number of aliphatic imine (C=N–C) groups is 1. The number of anilines is 1. The van der Waals surface area contributed by atoms with E-state index in [9.17, 15) is 0 Å². The average molecular weight is 290 g/mol. The molecule has 0 saturated heterocycles. The third-order valence-electron chi connectivity index (χ3n) is 2.89. The van der Waals surface area contributed by atoms with E-state index in [0.29, 0.717) is 6.04 Å². The van der Waals surface area contributed by atoms with Crippen LogP contribution in [0.3, 0.4) is 0 Å². The lowest BCUT2D eigenvalue weighted by Crippen LogP contribution is -2.42. The van der Waals surface area contributed by atoms with E-state index >= 15 is 0 Å². The van der Waals surface area contributed by atoms with Gasteiger partial charge in [-0.2, -0.15) is 5.10 Å². The molecule has 3 N–H and O–H groups in total. The second-order valence-electron chi connectivity index (χ2n) is 4.95. The van der Waals surface area contributed by atoms with E-state index < -0.39 is 0 Å². The summed E-state index contributed by atoms with van der Waals surface area (Å²) in [6.45, 7) is 5.61. The van der Waals surface area contributed by atoms with E-state index in [1.807, 2.05) is 7.05 Å². The Bertz CT molecular complexity index is 616. The number of aromatic nitrogens is 4. The van der Waals surface area contributed by atoms with Crippen LogP contribution in [0.25, 0.3) is 11.0 Å². The standard InChI is InChI=1S/C13H22N8/c1-9(2)20-13(14-3)16-6-5-15-11-10-7-19-21(4)12(10)18-8-17-11/h7-9H,5-6H2,1-4H3,(H2,14,16,20)(H,15,17,18). The minimum Gasteiger partial charge on any atom is -0.368 e. The van der Waals surface area contributed by atoms with Crippen molar-refractivity contribution in [1.82, 2.24) is 30.4 Å². The maximum atomic E-state index is 4.26. The van der Waals surface area contributed by atoms with Gasteiger partial charge in [-0.15, -0.1) is 0 Å². The normalized spacial score (nSPS) is 12.0. The first-order valence-corrected chi connectivity index (χ1v) is 6.95. The fourth-order valence-electron chi connectivity index (χ4n) is 1.93. The number of nitrogens with zero attached hydrogens (tertiary/aromatic N) is 5. The highest BCUT2D eigenvalue weighted by molar-refractivity contribution is 5.86. The van der Waals surface area contributed by atoms with Gasteiger partial charge in [0.2, 0.25) is 0 Å². The van der Waals surface area contributed by atoms with Crippen molar-refractivity contribution in [2.45, 2.75) is 19.9 Å². The Balaban J connectivity index is 1.88. The minimum absolute atomic E-state index is 0.348. The van der Waals surface area contributed by atoms with E-state index in [1.165, 1.54) is 0 Å². The molecule has 0 fully saturated rings. The lowest BCUT2D eigenvalue weighted by Gasteiger charge is -2.14. The Morgan fingerprint density at radius 3 is 2.86 bits per heavy atom. The molecule has 0 aliphatic carbocycles. The average Bonchev–Trinajstić information content (AvgIpc) is 2.84. The summed E-state index contributed by atoms with van der Waals surface area (Å²) in [7, 11) is 3.62. The van der Waals surface area contributed by atoms with Crippen LogP contribution < -0.4 is 16.0 Å². The van der Waals surface area contributed by atoms with Crippen molar-refractivity contribution in [1.29, 1.82) is 0 Å². The van der Waals surface area contributed by atoms with E-state index in [1.54, 1.807) is 24.3 Å². The molecule has 0 bridgehead atoms. The predicted molar refractivity (Wildman–Crippen MR) is 84.4 cm³/mol. The molecule has 0 unspecified atom stereocenters. The van der Waals surface area contributed by atoms with Gasteiger partial charge in [-0.1, -0.05) is 0 Å². The van der Waals surface area contributed by atoms with Gasteiger partial charge in [-0.3, -0.25) is 9.67 Å². The van der Waals surface area contributed by atoms with Gasteiger partial charge in [0.25, 0.3) is 0 Å². The fraction of sp³-hybridized carbons (Fsp3) is 0.538. The summed E-state index contributed by atoms with van der Waals surface area (Å²) >= 11 is 0. The Morgan fingerprint density at radius 1 is 1.33 bits per heavy atom. The molecule has 2 aromatic heterocycles. The van der Waals surface area contributed by atoms with Crippen molar-refractivity contribution < 1.29 is 0 Å². The van der Waals surface area contributed by atoms with Crippen molar-refractivity contribution in [3.63, 3.8) is 0 Å². The van der Waals surface area contributed by atoms with Crippen LogP contribution in [0.2, 0.25) is 0 Å². The molecular weight excluding hydrogens is 268 g/mol. The van der Waals surface area contributed by atoms with Gasteiger partial charge in [-0.05, 0) is 13.8 Å². The second kappa shape index (κ2) is 6.87. The number of nitrogens with one attached hydrogen (secondary N) is 3. The Kier molecular flexibility index (Phi) is 4.91. The molecule has 0 spiro atoms. The molecule has 21 heavy (non-hydrogen) atoms. The van der Waals surface area contributed by atoms with Crippen LogP contribution in [0.1, 0.15) is 13.8 Å². The SMILES string of the molecule is CN=C(NCCNc1ncnc2c1cnn2C)NC(C)C. The van der Waals surface area contributed by atoms with Crippen LogP contribution in [-0.2, 0) is 7.05 Å². The predicted octanol–water partition coefficient (Wildman–Crippen LogP) is 0.349. The van der Waals surface area contributed by atoms with Gasteiger partial charge in [-0.25, -0.2) is 9.97 Å². The van der Waals surface area contributed by atoms with Crippen molar-refractivity contribution in [3.05, 3.63) is 12.5 Å². The van der Waals surface area contributed by atoms with Crippen molar-refractivity contribution in [3.8, 4) is 0 Å². The number of hydrogen-bond donors (Lipinski definition) is 3. The van der Waals surface area contributed by atoms with E-state index in [2.05, 4.69) is 49.9 Å². The number of fused-ring (bicyclic) bond motifs is 1. The van der Waals surface area contributed by atoms with Gasteiger partial charge < -0.3 is 16.0 Å². The molecular formula is C13H22N8. The first kappa shape index (κ1) is 15.0. The third kappa shape index (κ3) is 3.80. The van der Waals surface area contributed by atoms with Crippen LogP contribution in [0.4, 0.5) is 5.82 Å². The van der Waals surface area contributed by atoms with E-state index in [4.69, 9.17) is 0 Å². The van der Waals surface area contributed by atoms with Crippen molar-refractivity contribution >= 4 is 22.8 Å².